The second-order valence-corrected chi connectivity index (χ2v) is 5.96. The number of quaternary nitrogens is 1. The van der Waals surface area contributed by atoms with Crippen molar-refractivity contribution < 1.29 is 13.8 Å². The Labute approximate surface area is 134 Å². The largest absolute Gasteiger partial charge is 0.415 e. The van der Waals surface area contributed by atoms with Gasteiger partial charge in [0, 0.05) is 18.4 Å². The summed E-state index contributed by atoms with van der Waals surface area (Å²) in [4.78, 5) is 1.51. The molecule has 1 N–H and O–H groups in total. The first-order valence-corrected chi connectivity index (χ1v) is 7.99. The fraction of sp³-hybridized carbons (Fsp3) is 0.353. The molecule has 3 heterocycles. The number of benzene rings is 1. The standard InChI is InChI=1S/C17H18N4O2/c1-12-15(16(20-23-12)13-7-3-2-4-8-13)17-19-18-14(22-17)11-21-9-5-6-10-21/h2-4,7-8H,5-6,9-11H2,1H3/p+1. The lowest BCUT2D eigenvalue weighted by atomic mass is 10.1. The first-order valence-electron chi connectivity index (χ1n) is 7.99. The molecule has 1 fully saturated rings. The summed E-state index contributed by atoms with van der Waals surface area (Å²) in [5.74, 6) is 1.85. The molecule has 0 atom stereocenters. The van der Waals surface area contributed by atoms with Crippen LogP contribution in [0, 0.1) is 6.92 Å². The van der Waals surface area contributed by atoms with Crippen LogP contribution in [0.5, 0.6) is 0 Å². The van der Waals surface area contributed by atoms with E-state index in [1.165, 1.54) is 30.8 Å². The van der Waals surface area contributed by atoms with Gasteiger partial charge in [-0.25, -0.2) is 0 Å². The lowest BCUT2D eigenvalue weighted by Gasteiger charge is -2.07. The molecule has 6 nitrogen and oxygen atoms in total. The summed E-state index contributed by atoms with van der Waals surface area (Å²) in [6.45, 7) is 5.01. The van der Waals surface area contributed by atoms with E-state index in [1.54, 1.807) is 0 Å². The van der Waals surface area contributed by atoms with Crippen molar-refractivity contribution in [3.63, 3.8) is 0 Å². The molecule has 1 saturated heterocycles. The summed E-state index contributed by atoms with van der Waals surface area (Å²) in [5, 5.41) is 12.6. The van der Waals surface area contributed by atoms with Gasteiger partial charge in [0.05, 0.1) is 13.1 Å². The fourth-order valence-electron chi connectivity index (χ4n) is 3.11. The highest BCUT2D eigenvalue weighted by molar-refractivity contribution is 5.77. The molecule has 2 aromatic heterocycles. The fourth-order valence-corrected chi connectivity index (χ4v) is 3.11. The number of aromatic nitrogens is 3. The minimum absolute atomic E-state index is 0.483. The Balaban J connectivity index is 1.66. The zero-order valence-corrected chi connectivity index (χ0v) is 13.1. The van der Waals surface area contributed by atoms with Gasteiger partial charge in [0.25, 0.3) is 11.8 Å². The molecule has 118 valence electrons. The van der Waals surface area contributed by atoms with Crippen LogP contribution < -0.4 is 4.90 Å². The quantitative estimate of drug-likeness (QED) is 0.796. The van der Waals surface area contributed by atoms with Crippen LogP contribution >= 0.6 is 0 Å². The molecule has 0 radical (unpaired) electrons. The van der Waals surface area contributed by atoms with Crippen LogP contribution in [0.25, 0.3) is 22.7 Å². The van der Waals surface area contributed by atoms with E-state index < -0.39 is 0 Å². The summed E-state index contributed by atoms with van der Waals surface area (Å²) in [7, 11) is 0. The topological polar surface area (TPSA) is 69.4 Å². The van der Waals surface area contributed by atoms with Gasteiger partial charge in [-0.15, -0.1) is 10.2 Å². The molecule has 0 spiro atoms. The number of hydrogen-bond acceptors (Lipinski definition) is 5. The molecule has 6 heteroatoms. The Bertz CT molecular complexity index is 788. The van der Waals surface area contributed by atoms with Gasteiger partial charge in [-0.05, 0) is 6.92 Å². The van der Waals surface area contributed by atoms with E-state index in [0.717, 1.165) is 23.4 Å². The van der Waals surface area contributed by atoms with Crippen molar-refractivity contribution in [2.75, 3.05) is 13.1 Å². The predicted molar refractivity (Wildman–Crippen MR) is 83.6 cm³/mol. The highest BCUT2D eigenvalue weighted by Crippen LogP contribution is 2.33. The van der Waals surface area contributed by atoms with Gasteiger partial charge in [-0.2, -0.15) is 0 Å². The van der Waals surface area contributed by atoms with E-state index in [9.17, 15) is 0 Å². The molecule has 3 aromatic rings. The van der Waals surface area contributed by atoms with Gasteiger partial charge >= 0.3 is 0 Å². The Morgan fingerprint density at radius 1 is 1.09 bits per heavy atom. The molecular formula is C17H19N4O2+. The van der Waals surface area contributed by atoms with Crippen LogP contribution in [-0.4, -0.2) is 28.4 Å². The third-order valence-corrected chi connectivity index (χ3v) is 4.30. The molecule has 0 amide bonds. The Morgan fingerprint density at radius 2 is 1.87 bits per heavy atom. The zero-order valence-electron chi connectivity index (χ0n) is 13.1. The van der Waals surface area contributed by atoms with Gasteiger partial charge in [0.15, 0.2) is 6.54 Å². The SMILES string of the molecule is Cc1onc(-c2ccccc2)c1-c1nnc(C[NH+]2CCCC2)o1. The highest BCUT2D eigenvalue weighted by atomic mass is 16.5. The van der Waals surface area contributed by atoms with Crippen molar-refractivity contribution in [2.24, 2.45) is 0 Å². The van der Waals surface area contributed by atoms with E-state index in [1.807, 2.05) is 37.3 Å². The smallest absolute Gasteiger partial charge is 0.271 e. The van der Waals surface area contributed by atoms with Gasteiger partial charge in [-0.1, -0.05) is 35.5 Å². The summed E-state index contributed by atoms with van der Waals surface area (Å²) in [6.07, 6.45) is 2.55. The van der Waals surface area contributed by atoms with E-state index in [2.05, 4.69) is 15.4 Å². The van der Waals surface area contributed by atoms with Crippen molar-refractivity contribution in [3.05, 3.63) is 42.0 Å². The van der Waals surface area contributed by atoms with Crippen LogP contribution in [0.15, 0.2) is 39.3 Å². The second kappa shape index (κ2) is 5.96. The molecule has 0 saturated carbocycles. The van der Waals surface area contributed by atoms with Crippen molar-refractivity contribution >= 4 is 0 Å². The van der Waals surface area contributed by atoms with Crippen molar-refractivity contribution in [1.82, 2.24) is 15.4 Å². The van der Waals surface area contributed by atoms with Crippen LogP contribution in [-0.2, 0) is 6.54 Å². The van der Waals surface area contributed by atoms with E-state index in [-0.39, 0.29) is 0 Å². The predicted octanol–water partition coefficient (Wildman–Crippen LogP) is 1.88. The molecule has 1 aliphatic rings. The van der Waals surface area contributed by atoms with E-state index in [0.29, 0.717) is 17.5 Å². The monoisotopic (exact) mass is 311 g/mol. The number of rotatable bonds is 4. The normalized spacial score (nSPS) is 15.3. The average Bonchev–Trinajstić information content (AvgIpc) is 3.30. The molecule has 0 bridgehead atoms. The lowest BCUT2D eigenvalue weighted by molar-refractivity contribution is -0.902. The van der Waals surface area contributed by atoms with Crippen LogP contribution in [0.3, 0.4) is 0 Å². The number of nitrogens with zero attached hydrogens (tertiary/aromatic N) is 3. The first kappa shape index (κ1) is 14.1. The van der Waals surface area contributed by atoms with Crippen LogP contribution in [0.2, 0.25) is 0 Å². The van der Waals surface area contributed by atoms with E-state index >= 15 is 0 Å². The maximum absolute atomic E-state index is 5.89. The molecule has 23 heavy (non-hydrogen) atoms. The summed E-state index contributed by atoms with van der Waals surface area (Å²) in [6, 6.07) is 9.90. The van der Waals surface area contributed by atoms with Gasteiger partial charge < -0.3 is 13.8 Å². The van der Waals surface area contributed by atoms with Crippen LogP contribution in [0.1, 0.15) is 24.5 Å². The highest BCUT2D eigenvalue weighted by Gasteiger charge is 2.24. The molecule has 1 aromatic carbocycles. The average molecular weight is 311 g/mol. The van der Waals surface area contributed by atoms with E-state index in [4.69, 9.17) is 8.94 Å². The number of nitrogens with one attached hydrogen (secondary N) is 1. The van der Waals surface area contributed by atoms with Crippen molar-refractivity contribution in [1.29, 1.82) is 0 Å². The summed E-state index contributed by atoms with van der Waals surface area (Å²) >= 11 is 0. The van der Waals surface area contributed by atoms with Crippen molar-refractivity contribution in [3.8, 4) is 22.7 Å². The Morgan fingerprint density at radius 3 is 2.65 bits per heavy atom. The Hall–Kier alpha value is -2.47. The molecule has 4 rings (SSSR count). The second-order valence-electron chi connectivity index (χ2n) is 5.96. The number of aryl methyl sites for hydroxylation is 1. The van der Waals surface area contributed by atoms with Crippen molar-refractivity contribution in [2.45, 2.75) is 26.3 Å². The summed E-state index contributed by atoms with van der Waals surface area (Å²) < 4.78 is 11.3. The number of likely N-dealkylation sites (tertiary alicyclic amines) is 1. The molecule has 1 aliphatic heterocycles. The maximum Gasteiger partial charge on any atom is 0.271 e. The van der Waals surface area contributed by atoms with Gasteiger partial charge in [-0.3, -0.25) is 0 Å². The van der Waals surface area contributed by atoms with Gasteiger partial charge in [0.2, 0.25) is 0 Å². The van der Waals surface area contributed by atoms with Crippen LogP contribution in [0.4, 0.5) is 0 Å². The number of hydrogen-bond donors (Lipinski definition) is 1. The summed E-state index contributed by atoms with van der Waals surface area (Å²) in [5.41, 5.74) is 2.50. The third-order valence-electron chi connectivity index (χ3n) is 4.30. The molecule has 0 unspecified atom stereocenters. The maximum atomic E-state index is 5.89. The van der Waals surface area contributed by atoms with Gasteiger partial charge in [0.1, 0.15) is 17.0 Å². The minimum atomic E-state index is 0.483. The third kappa shape index (κ3) is 2.77. The zero-order chi connectivity index (χ0) is 15.6. The molecule has 0 aliphatic carbocycles. The lowest BCUT2D eigenvalue weighted by Crippen LogP contribution is -3.08. The minimum Gasteiger partial charge on any atom is -0.415 e. The first-order chi connectivity index (χ1) is 11.3. The Kier molecular flexibility index (Phi) is 3.67. The molecular weight excluding hydrogens is 292 g/mol.